The number of nitrogens with zero attached hydrogens (tertiary/aromatic N) is 3. The Morgan fingerprint density at radius 3 is 2.77 bits per heavy atom. The monoisotopic (exact) mass is 305 g/mol. The van der Waals surface area contributed by atoms with E-state index in [1.165, 1.54) is 0 Å². The Bertz CT molecular complexity index is 616. The van der Waals surface area contributed by atoms with E-state index in [9.17, 15) is 5.11 Å². The van der Waals surface area contributed by atoms with Crippen molar-refractivity contribution in [2.75, 3.05) is 6.54 Å². The molecule has 22 heavy (non-hydrogen) atoms. The van der Waals surface area contributed by atoms with Crippen molar-refractivity contribution < 1.29 is 9.63 Å². The smallest absolute Gasteiger partial charge is 0.153 e. The van der Waals surface area contributed by atoms with Crippen LogP contribution in [0.4, 0.5) is 0 Å². The summed E-state index contributed by atoms with van der Waals surface area (Å²) in [5.74, 6) is 2.97. The summed E-state index contributed by atoms with van der Waals surface area (Å²) in [6.45, 7) is 7.24. The Kier molecular flexibility index (Phi) is 4.26. The Morgan fingerprint density at radius 2 is 2.14 bits per heavy atom. The Balaban J connectivity index is 1.53. The highest BCUT2D eigenvalue weighted by atomic mass is 16.5. The molecule has 0 spiro atoms. The Labute approximate surface area is 129 Å². The standard InChI is InChI=1S/C15H23N5O2/c1-8-13(9(2)22-20-8)7-16-6-12-4-11(5-14(12)21)15-17-10(3)18-19-15/h11-12,14,16,21H,4-7H2,1-3H3,(H,17,18,19)/t11-,12+,14+/m0/s1. The summed E-state index contributed by atoms with van der Waals surface area (Å²) in [4.78, 5) is 4.39. The van der Waals surface area contributed by atoms with E-state index >= 15 is 0 Å². The molecule has 2 heterocycles. The molecule has 120 valence electrons. The van der Waals surface area contributed by atoms with E-state index in [1.54, 1.807) is 0 Å². The fourth-order valence-electron chi connectivity index (χ4n) is 3.21. The molecule has 2 aromatic heterocycles. The molecular formula is C15H23N5O2. The molecule has 0 amide bonds. The van der Waals surface area contributed by atoms with Gasteiger partial charge in [-0.1, -0.05) is 5.16 Å². The van der Waals surface area contributed by atoms with Gasteiger partial charge in [0.25, 0.3) is 0 Å². The van der Waals surface area contributed by atoms with Crippen LogP contribution in [0.1, 0.15) is 47.4 Å². The molecule has 0 radical (unpaired) electrons. The molecule has 7 heteroatoms. The van der Waals surface area contributed by atoms with Crippen molar-refractivity contribution in [3.05, 3.63) is 28.7 Å². The number of aryl methyl sites for hydroxylation is 3. The lowest BCUT2D eigenvalue weighted by atomic mass is 10.0. The van der Waals surface area contributed by atoms with Crippen molar-refractivity contribution in [2.45, 2.75) is 52.2 Å². The van der Waals surface area contributed by atoms with E-state index in [-0.39, 0.29) is 17.9 Å². The summed E-state index contributed by atoms with van der Waals surface area (Å²) >= 11 is 0. The molecule has 3 rings (SSSR count). The topological polar surface area (TPSA) is 99.9 Å². The molecule has 7 nitrogen and oxygen atoms in total. The van der Waals surface area contributed by atoms with Crippen molar-refractivity contribution >= 4 is 0 Å². The third-order valence-corrected chi connectivity index (χ3v) is 4.53. The van der Waals surface area contributed by atoms with Gasteiger partial charge in [-0.3, -0.25) is 5.10 Å². The lowest BCUT2D eigenvalue weighted by Gasteiger charge is -2.14. The molecule has 1 fully saturated rings. The van der Waals surface area contributed by atoms with E-state index in [0.717, 1.165) is 54.6 Å². The number of aliphatic hydroxyl groups is 1. The maximum atomic E-state index is 10.3. The maximum Gasteiger partial charge on any atom is 0.153 e. The number of hydrogen-bond acceptors (Lipinski definition) is 6. The predicted octanol–water partition coefficient (Wildman–Crippen LogP) is 1.36. The SMILES string of the molecule is Cc1nc([C@H]2C[C@H](CNCc3c(C)noc3C)[C@H](O)C2)n[nH]1. The van der Waals surface area contributed by atoms with Crippen LogP contribution in [0.5, 0.6) is 0 Å². The summed E-state index contributed by atoms with van der Waals surface area (Å²) in [7, 11) is 0. The van der Waals surface area contributed by atoms with Gasteiger partial charge in [-0.05, 0) is 39.5 Å². The molecular weight excluding hydrogens is 282 g/mol. The molecule has 0 saturated heterocycles. The maximum absolute atomic E-state index is 10.3. The highest BCUT2D eigenvalue weighted by Gasteiger charge is 2.35. The first-order chi connectivity index (χ1) is 10.5. The summed E-state index contributed by atoms with van der Waals surface area (Å²) in [6, 6.07) is 0. The van der Waals surface area contributed by atoms with Crippen LogP contribution in [0.2, 0.25) is 0 Å². The van der Waals surface area contributed by atoms with Crippen LogP contribution in [0, 0.1) is 26.7 Å². The van der Waals surface area contributed by atoms with Crippen LogP contribution in [0.3, 0.4) is 0 Å². The zero-order valence-corrected chi connectivity index (χ0v) is 13.3. The van der Waals surface area contributed by atoms with Gasteiger partial charge in [-0.2, -0.15) is 5.10 Å². The minimum Gasteiger partial charge on any atom is -0.393 e. The molecule has 2 aromatic rings. The largest absolute Gasteiger partial charge is 0.393 e. The molecule has 3 N–H and O–H groups in total. The second-order valence-electron chi connectivity index (χ2n) is 6.21. The number of nitrogens with one attached hydrogen (secondary N) is 2. The first kappa shape index (κ1) is 15.2. The minimum absolute atomic E-state index is 0.226. The minimum atomic E-state index is -0.305. The van der Waals surface area contributed by atoms with Crippen LogP contribution in [0.15, 0.2) is 4.52 Å². The fourth-order valence-corrected chi connectivity index (χ4v) is 3.21. The van der Waals surface area contributed by atoms with Crippen LogP contribution < -0.4 is 5.32 Å². The molecule has 1 aliphatic carbocycles. The molecule has 1 saturated carbocycles. The van der Waals surface area contributed by atoms with Crippen molar-refractivity contribution in [1.29, 1.82) is 0 Å². The number of H-pyrrole nitrogens is 1. The molecule has 3 atom stereocenters. The second-order valence-corrected chi connectivity index (χ2v) is 6.21. The second kappa shape index (κ2) is 6.18. The predicted molar refractivity (Wildman–Crippen MR) is 80.3 cm³/mol. The van der Waals surface area contributed by atoms with Gasteiger partial charge >= 0.3 is 0 Å². The van der Waals surface area contributed by atoms with Crippen molar-refractivity contribution in [2.24, 2.45) is 5.92 Å². The zero-order chi connectivity index (χ0) is 15.7. The van der Waals surface area contributed by atoms with E-state index < -0.39 is 0 Å². The molecule has 0 unspecified atom stereocenters. The molecule has 0 bridgehead atoms. The summed E-state index contributed by atoms with van der Waals surface area (Å²) in [5, 5.41) is 24.7. The van der Waals surface area contributed by atoms with Gasteiger partial charge < -0.3 is 14.9 Å². The van der Waals surface area contributed by atoms with Gasteiger partial charge in [-0.25, -0.2) is 4.98 Å². The lowest BCUT2D eigenvalue weighted by molar-refractivity contribution is 0.131. The van der Waals surface area contributed by atoms with Gasteiger partial charge in [0.2, 0.25) is 0 Å². The van der Waals surface area contributed by atoms with Gasteiger partial charge in [0, 0.05) is 24.6 Å². The normalized spacial score (nSPS) is 25.0. The van der Waals surface area contributed by atoms with E-state index in [2.05, 4.69) is 25.7 Å². The van der Waals surface area contributed by atoms with Gasteiger partial charge in [-0.15, -0.1) is 0 Å². The van der Waals surface area contributed by atoms with Gasteiger partial charge in [0.15, 0.2) is 5.82 Å². The number of aromatic nitrogens is 4. The zero-order valence-electron chi connectivity index (χ0n) is 13.3. The summed E-state index contributed by atoms with van der Waals surface area (Å²) in [5.41, 5.74) is 2.03. The van der Waals surface area contributed by atoms with E-state index in [4.69, 9.17) is 4.52 Å². The first-order valence-corrected chi connectivity index (χ1v) is 7.74. The lowest BCUT2D eigenvalue weighted by Crippen LogP contribution is -2.27. The van der Waals surface area contributed by atoms with Crippen LogP contribution in [-0.4, -0.2) is 38.1 Å². The third kappa shape index (κ3) is 3.05. The Morgan fingerprint density at radius 1 is 1.32 bits per heavy atom. The van der Waals surface area contributed by atoms with E-state index in [1.807, 2.05) is 20.8 Å². The van der Waals surface area contributed by atoms with Crippen molar-refractivity contribution in [1.82, 2.24) is 25.7 Å². The van der Waals surface area contributed by atoms with Crippen LogP contribution in [-0.2, 0) is 6.54 Å². The van der Waals surface area contributed by atoms with Gasteiger partial charge in [0.1, 0.15) is 11.6 Å². The number of hydrogen-bond donors (Lipinski definition) is 3. The third-order valence-electron chi connectivity index (χ3n) is 4.53. The Hall–Kier alpha value is -1.73. The quantitative estimate of drug-likeness (QED) is 0.771. The van der Waals surface area contributed by atoms with Gasteiger partial charge in [0.05, 0.1) is 11.8 Å². The van der Waals surface area contributed by atoms with Crippen molar-refractivity contribution in [3.8, 4) is 0 Å². The van der Waals surface area contributed by atoms with Crippen LogP contribution in [0.25, 0.3) is 0 Å². The number of aromatic amines is 1. The van der Waals surface area contributed by atoms with Crippen molar-refractivity contribution in [3.63, 3.8) is 0 Å². The molecule has 1 aliphatic rings. The number of aliphatic hydroxyl groups excluding tert-OH is 1. The molecule has 0 aliphatic heterocycles. The summed E-state index contributed by atoms with van der Waals surface area (Å²) in [6.07, 6.45) is 1.34. The average Bonchev–Trinajstić information content (AvgIpc) is 3.14. The first-order valence-electron chi connectivity index (χ1n) is 7.74. The highest BCUT2D eigenvalue weighted by Crippen LogP contribution is 2.36. The average molecular weight is 305 g/mol. The molecule has 0 aromatic carbocycles. The highest BCUT2D eigenvalue weighted by molar-refractivity contribution is 5.20. The van der Waals surface area contributed by atoms with E-state index in [0.29, 0.717) is 0 Å². The fraction of sp³-hybridized carbons (Fsp3) is 0.667. The van der Waals surface area contributed by atoms with Crippen LogP contribution >= 0.6 is 0 Å². The summed E-state index contributed by atoms with van der Waals surface area (Å²) < 4.78 is 5.16. The number of rotatable bonds is 5.